The summed E-state index contributed by atoms with van der Waals surface area (Å²) in [5.74, 6) is -2.60. The van der Waals surface area contributed by atoms with Gasteiger partial charge >= 0.3 is 0 Å². The Hall–Kier alpha value is -2.76. The van der Waals surface area contributed by atoms with Crippen molar-refractivity contribution in [2.24, 2.45) is 0 Å². The second-order valence-electron chi connectivity index (χ2n) is 6.67. The molecule has 0 aromatic heterocycles. The molecule has 1 aliphatic rings. The van der Waals surface area contributed by atoms with Crippen molar-refractivity contribution in [3.8, 4) is 5.75 Å². The molecule has 0 saturated carbocycles. The first kappa shape index (κ1) is 23.5. The summed E-state index contributed by atoms with van der Waals surface area (Å²) in [6.07, 6.45) is -7.36. The molecule has 30 heavy (non-hydrogen) atoms. The van der Waals surface area contributed by atoms with E-state index in [2.05, 4.69) is 5.32 Å². The molecular weight excluding hydrogens is 408 g/mol. The van der Waals surface area contributed by atoms with Crippen molar-refractivity contribution in [1.29, 1.82) is 0 Å². The zero-order valence-corrected chi connectivity index (χ0v) is 16.0. The summed E-state index contributed by atoms with van der Waals surface area (Å²) in [4.78, 5) is 22.8. The molecule has 1 heterocycles. The minimum Gasteiger partial charge on any atom is -0.506 e. The normalized spacial score (nSPS) is 21.6. The van der Waals surface area contributed by atoms with Crippen molar-refractivity contribution >= 4 is 17.4 Å². The number of ketones is 1. The number of anilines is 1. The second-order valence-corrected chi connectivity index (χ2v) is 6.67. The molecule has 166 valence electrons. The van der Waals surface area contributed by atoms with Crippen molar-refractivity contribution < 1.29 is 48.3 Å². The number of nitrogens with one attached hydrogen (secondary N) is 1. The average Bonchev–Trinajstić information content (AvgIpc) is 2.68. The molecule has 3 atom stereocenters. The number of carbonyl (C=O) groups excluding carboxylic acids is 2. The first-order chi connectivity index (χ1) is 14.1. The highest BCUT2D eigenvalue weighted by Crippen LogP contribution is 2.34. The summed E-state index contributed by atoms with van der Waals surface area (Å²) in [6, 6.07) is 3.39. The van der Waals surface area contributed by atoms with Crippen LogP contribution in [0.3, 0.4) is 0 Å². The Morgan fingerprint density at radius 2 is 1.93 bits per heavy atom. The molecule has 1 aliphatic heterocycles. The fourth-order valence-corrected chi connectivity index (χ4v) is 2.72. The number of amides is 1. The molecule has 2 rings (SSSR count). The summed E-state index contributed by atoms with van der Waals surface area (Å²) in [5, 5.41) is 40.9. The predicted molar refractivity (Wildman–Crippen MR) is 99.2 cm³/mol. The number of aliphatic hydroxyl groups excluding tert-OH is 4. The minimum absolute atomic E-state index is 0.0433. The minimum atomic E-state index is -3.01. The fraction of sp³-hybridized carbons (Fsp3) is 0.474. The Morgan fingerprint density at radius 3 is 2.53 bits per heavy atom. The molecule has 1 amide bonds. The van der Waals surface area contributed by atoms with E-state index in [0.29, 0.717) is 6.42 Å². The maximum absolute atomic E-state index is 13.5. The number of halogens is 2. The smallest absolute Gasteiger partial charge is 0.267 e. The number of hydrogen-bond donors (Lipinski definition) is 5. The van der Waals surface area contributed by atoms with Crippen LogP contribution in [0.2, 0.25) is 0 Å². The van der Waals surface area contributed by atoms with Gasteiger partial charge in [-0.15, -0.1) is 0 Å². The van der Waals surface area contributed by atoms with E-state index in [1.165, 1.54) is 13.0 Å². The van der Waals surface area contributed by atoms with Crippen molar-refractivity contribution in [3.63, 3.8) is 0 Å². The van der Waals surface area contributed by atoms with E-state index in [9.17, 15) is 33.7 Å². The van der Waals surface area contributed by atoms with Crippen molar-refractivity contribution in [2.45, 2.75) is 51.1 Å². The molecule has 1 aromatic rings. The van der Waals surface area contributed by atoms with Crippen LogP contribution in [-0.2, 0) is 14.3 Å². The van der Waals surface area contributed by atoms with Gasteiger partial charge in [-0.1, -0.05) is 0 Å². The summed E-state index contributed by atoms with van der Waals surface area (Å²) < 4.78 is 37.3. The van der Waals surface area contributed by atoms with Crippen molar-refractivity contribution in [1.82, 2.24) is 0 Å². The lowest BCUT2D eigenvalue weighted by molar-refractivity contribution is -0.192. The third-order valence-corrected chi connectivity index (χ3v) is 4.27. The molecule has 5 N–H and O–H groups in total. The maximum Gasteiger partial charge on any atom is 0.267 e. The molecular formula is C19H23F2NO8. The van der Waals surface area contributed by atoms with Crippen molar-refractivity contribution in [3.05, 3.63) is 35.3 Å². The van der Waals surface area contributed by atoms with Crippen LogP contribution in [0.1, 0.15) is 38.2 Å². The molecule has 11 heteroatoms. The highest BCUT2D eigenvalue weighted by atomic mass is 19.3. The number of ether oxygens (including phenoxy) is 2. The first-order valence-electron chi connectivity index (χ1n) is 9.08. The third-order valence-electron chi connectivity index (χ3n) is 4.27. The Morgan fingerprint density at radius 1 is 1.23 bits per heavy atom. The van der Waals surface area contributed by atoms with Gasteiger partial charge in [0.25, 0.3) is 6.43 Å². The van der Waals surface area contributed by atoms with Crippen LogP contribution >= 0.6 is 0 Å². The Labute approximate surface area is 170 Å². The van der Waals surface area contributed by atoms with Crippen LogP contribution in [0, 0.1) is 0 Å². The quantitative estimate of drug-likeness (QED) is 0.400. The predicted octanol–water partition coefficient (Wildman–Crippen LogP) is 2.11. The lowest BCUT2D eigenvalue weighted by atomic mass is 10.1. The van der Waals surface area contributed by atoms with Gasteiger partial charge in [0.15, 0.2) is 17.6 Å². The highest BCUT2D eigenvalue weighted by Gasteiger charge is 2.39. The van der Waals surface area contributed by atoms with Crippen LogP contribution in [0.4, 0.5) is 14.5 Å². The molecule has 2 unspecified atom stereocenters. The van der Waals surface area contributed by atoms with Crippen LogP contribution in [0.25, 0.3) is 0 Å². The molecule has 0 saturated heterocycles. The molecule has 0 radical (unpaired) electrons. The standard InChI is InChI=1S/C19H23F2NO8/c1-9(24)3-2-4-14(25)22-10-5-6-12(11(7-10)18(20)21)29-19-17(28)16(27)15(26)13(8-23)30-19/h5-7,13,17-19,23,26-28H,2-4,8H2,1H3,(H,22,25)/t13?,17?,19-/m1/s1. The topological polar surface area (TPSA) is 146 Å². The Bertz CT molecular complexity index is 814. The van der Waals surface area contributed by atoms with Gasteiger partial charge in [-0.05, 0) is 31.5 Å². The number of alkyl halides is 2. The molecule has 9 nitrogen and oxygen atoms in total. The van der Waals surface area contributed by atoms with Crippen LogP contribution in [-0.4, -0.2) is 57.2 Å². The number of hydrogen-bond acceptors (Lipinski definition) is 8. The van der Waals surface area contributed by atoms with Crippen LogP contribution < -0.4 is 10.1 Å². The van der Waals surface area contributed by atoms with Gasteiger partial charge in [-0.3, -0.25) is 4.79 Å². The Kier molecular flexibility index (Phi) is 8.09. The molecule has 0 spiro atoms. The number of aliphatic hydroxyl groups is 4. The Balaban J connectivity index is 2.14. The van der Waals surface area contributed by atoms with E-state index in [-0.39, 0.29) is 24.3 Å². The number of carbonyl (C=O) groups is 2. The number of rotatable bonds is 9. The first-order valence-corrected chi connectivity index (χ1v) is 9.08. The fourth-order valence-electron chi connectivity index (χ4n) is 2.72. The number of benzene rings is 1. The SMILES string of the molecule is CC(=O)CCCC(=O)Nc1ccc(O[C@@H]2OC(CO)C(O)=C(O)C2O)c(C(F)F)c1. The largest absolute Gasteiger partial charge is 0.506 e. The lowest BCUT2D eigenvalue weighted by Gasteiger charge is -2.32. The van der Waals surface area contributed by atoms with E-state index >= 15 is 0 Å². The zero-order chi connectivity index (χ0) is 22.4. The van der Waals surface area contributed by atoms with E-state index in [1.54, 1.807) is 0 Å². The van der Waals surface area contributed by atoms with Crippen molar-refractivity contribution in [2.75, 3.05) is 11.9 Å². The lowest BCUT2D eigenvalue weighted by Crippen LogP contribution is -2.45. The third kappa shape index (κ3) is 5.88. The van der Waals surface area contributed by atoms with Crippen LogP contribution in [0.15, 0.2) is 29.7 Å². The van der Waals surface area contributed by atoms with E-state index in [4.69, 9.17) is 14.6 Å². The highest BCUT2D eigenvalue weighted by molar-refractivity contribution is 5.91. The zero-order valence-electron chi connectivity index (χ0n) is 16.0. The molecule has 1 aromatic carbocycles. The van der Waals surface area contributed by atoms with E-state index in [1.807, 2.05) is 0 Å². The maximum atomic E-state index is 13.5. The van der Waals surface area contributed by atoms with Gasteiger partial charge in [-0.2, -0.15) is 0 Å². The van der Waals surface area contributed by atoms with E-state index < -0.39 is 60.3 Å². The molecule has 0 bridgehead atoms. The summed E-state index contributed by atoms with van der Waals surface area (Å²) in [5.41, 5.74) is -0.546. The van der Waals surface area contributed by atoms with Gasteiger partial charge in [0.05, 0.1) is 12.2 Å². The summed E-state index contributed by atoms with van der Waals surface area (Å²) >= 11 is 0. The van der Waals surface area contributed by atoms with Gasteiger partial charge in [0.1, 0.15) is 17.6 Å². The molecule has 0 fully saturated rings. The van der Waals surface area contributed by atoms with Gasteiger partial charge in [-0.25, -0.2) is 8.78 Å². The summed E-state index contributed by atoms with van der Waals surface area (Å²) in [7, 11) is 0. The number of Topliss-reactive ketones (excluding diaryl/α,β-unsaturated/α-hetero) is 1. The van der Waals surface area contributed by atoms with E-state index in [0.717, 1.165) is 12.1 Å². The van der Waals surface area contributed by atoms with Gasteiger partial charge in [0, 0.05) is 18.5 Å². The molecule has 0 aliphatic carbocycles. The van der Waals surface area contributed by atoms with Crippen LogP contribution in [0.5, 0.6) is 5.75 Å². The second kappa shape index (κ2) is 10.3. The average molecular weight is 431 g/mol. The van der Waals surface area contributed by atoms with Gasteiger partial charge in [0.2, 0.25) is 12.2 Å². The summed E-state index contributed by atoms with van der Waals surface area (Å²) in [6.45, 7) is 0.650. The monoisotopic (exact) mass is 431 g/mol. The van der Waals surface area contributed by atoms with Gasteiger partial charge < -0.3 is 40.0 Å².